The van der Waals surface area contributed by atoms with Gasteiger partial charge in [0, 0.05) is 13.0 Å². The van der Waals surface area contributed by atoms with Gasteiger partial charge in [0.15, 0.2) is 11.5 Å². The lowest BCUT2D eigenvalue weighted by Crippen LogP contribution is -2.22. The molecule has 0 bridgehead atoms. The van der Waals surface area contributed by atoms with Gasteiger partial charge >= 0.3 is 0 Å². The summed E-state index contributed by atoms with van der Waals surface area (Å²) in [6.07, 6.45) is 7.88. The van der Waals surface area contributed by atoms with Crippen LogP contribution in [0.3, 0.4) is 0 Å². The number of nitrogens with one attached hydrogen (secondary N) is 1. The number of ether oxygens (including phenoxy) is 1. The molecule has 1 aromatic carbocycles. The van der Waals surface area contributed by atoms with Crippen LogP contribution in [0.25, 0.3) is 0 Å². The second kappa shape index (κ2) is 9.87. The lowest BCUT2D eigenvalue weighted by molar-refractivity contribution is -0.121. The number of hydrogen-bond donors (Lipinski definition) is 2. The maximum absolute atomic E-state index is 11.8. The Hall–Kier alpha value is -1.97. The highest BCUT2D eigenvalue weighted by atomic mass is 16.4. The van der Waals surface area contributed by atoms with E-state index >= 15 is 0 Å². The molecule has 0 spiro atoms. The lowest BCUT2D eigenvalue weighted by Gasteiger charge is -2.08. The van der Waals surface area contributed by atoms with Crippen molar-refractivity contribution in [2.75, 3.05) is 7.11 Å². The van der Waals surface area contributed by atoms with Crippen LogP contribution in [-0.4, -0.2) is 18.1 Å². The Kier molecular flexibility index (Phi) is 8.11. The molecule has 2 N–H and O–H groups in total. The molecule has 0 unspecified atom stereocenters. The smallest absolute Gasteiger partial charge is 0.220 e. The molecule has 0 aliphatic carbocycles. The van der Waals surface area contributed by atoms with Crippen molar-refractivity contribution in [3.63, 3.8) is 0 Å². The second-order valence-electron chi connectivity index (χ2n) is 5.70. The van der Waals surface area contributed by atoms with E-state index in [0.717, 1.165) is 24.8 Å². The number of methoxy groups -OCH3 is 1. The van der Waals surface area contributed by atoms with E-state index in [1.807, 2.05) is 0 Å². The van der Waals surface area contributed by atoms with E-state index in [1.165, 1.54) is 7.11 Å². The first kappa shape index (κ1) is 18.1. The average Bonchev–Trinajstić information content (AvgIpc) is 2.49. The fraction of sp³-hybridized carbons (Fsp3) is 0.500. The van der Waals surface area contributed by atoms with Gasteiger partial charge in [0.05, 0.1) is 7.11 Å². The summed E-state index contributed by atoms with van der Waals surface area (Å²) >= 11 is 0. The number of phenolic OH excluding ortho intramolecular Hbond substituents is 1. The molecule has 0 aromatic heterocycles. The molecule has 122 valence electrons. The number of hydrogen-bond acceptors (Lipinski definition) is 3. The predicted octanol–water partition coefficient (Wildman–Crippen LogP) is 3.79. The van der Waals surface area contributed by atoms with Gasteiger partial charge in [0.2, 0.25) is 5.91 Å². The minimum Gasteiger partial charge on any atom is -0.504 e. The zero-order chi connectivity index (χ0) is 16.4. The summed E-state index contributed by atoms with van der Waals surface area (Å²) in [6, 6.07) is 5.07. The highest BCUT2D eigenvalue weighted by molar-refractivity contribution is 5.75. The largest absolute Gasteiger partial charge is 0.504 e. The van der Waals surface area contributed by atoms with Gasteiger partial charge in [-0.05, 0) is 42.9 Å². The molecule has 0 aliphatic rings. The third-order valence-electron chi connectivity index (χ3n) is 3.28. The van der Waals surface area contributed by atoms with Gasteiger partial charge in [-0.3, -0.25) is 4.79 Å². The summed E-state index contributed by atoms with van der Waals surface area (Å²) in [6.45, 7) is 4.76. The van der Waals surface area contributed by atoms with Crippen molar-refractivity contribution in [1.82, 2.24) is 5.32 Å². The number of benzene rings is 1. The Bertz CT molecular complexity index is 495. The van der Waals surface area contributed by atoms with Crippen LogP contribution in [0.5, 0.6) is 11.5 Å². The Morgan fingerprint density at radius 3 is 2.82 bits per heavy atom. The Labute approximate surface area is 133 Å². The minimum absolute atomic E-state index is 0.0554. The molecule has 0 radical (unpaired) electrons. The normalized spacial score (nSPS) is 11.1. The Morgan fingerprint density at radius 1 is 1.36 bits per heavy atom. The Morgan fingerprint density at radius 2 is 2.14 bits per heavy atom. The van der Waals surface area contributed by atoms with E-state index in [4.69, 9.17) is 4.74 Å². The summed E-state index contributed by atoms with van der Waals surface area (Å²) in [7, 11) is 1.51. The van der Waals surface area contributed by atoms with Crippen molar-refractivity contribution in [3.05, 3.63) is 35.9 Å². The zero-order valence-corrected chi connectivity index (χ0v) is 13.8. The van der Waals surface area contributed by atoms with Crippen molar-refractivity contribution < 1.29 is 14.6 Å². The van der Waals surface area contributed by atoms with E-state index in [0.29, 0.717) is 24.6 Å². The quantitative estimate of drug-likeness (QED) is 0.539. The van der Waals surface area contributed by atoms with Crippen LogP contribution in [0.15, 0.2) is 30.4 Å². The fourth-order valence-corrected chi connectivity index (χ4v) is 2.04. The van der Waals surface area contributed by atoms with Gasteiger partial charge in [-0.25, -0.2) is 0 Å². The molecule has 4 nitrogen and oxygen atoms in total. The van der Waals surface area contributed by atoms with Gasteiger partial charge in [0.1, 0.15) is 0 Å². The zero-order valence-electron chi connectivity index (χ0n) is 13.8. The van der Waals surface area contributed by atoms with Crippen LogP contribution in [0.2, 0.25) is 0 Å². The van der Waals surface area contributed by atoms with Crippen LogP contribution >= 0.6 is 0 Å². The van der Waals surface area contributed by atoms with Crippen LogP contribution < -0.4 is 10.1 Å². The first-order chi connectivity index (χ1) is 10.5. The molecule has 0 heterocycles. The number of carbonyl (C=O) groups excluding carboxylic acids is 1. The van der Waals surface area contributed by atoms with Crippen LogP contribution in [0.1, 0.15) is 45.1 Å². The van der Waals surface area contributed by atoms with Gasteiger partial charge in [-0.15, -0.1) is 0 Å². The number of allylic oxidation sites excluding steroid dienone is 2. The SMILES string of the molecule is CC(C)/C=C/CCCCC(=O)NCc1ccc(O)c(O[11CH3])c1. The molecule has 4 heteroatoms. The summed E-state index contributed by atoms with van der Waals surface area (Å²) in [5.74, 6) is 1.17. The van der Waals surface area contributed by atoms with E-state index in [-0.39, 0.29) is 11.7 Å². The standard InChI is InChI=1S/C18H27NO3/c1-14(2)8-6-4-5-7-9-18(21)19-13-15-10-11-16(20)17(12-15)22-3/h6,8,10-12,14,20H,4-5,7,9,13H2,1-3H3,(H,19,21)/b8-6+/i3-1. The monoisotopic (exact) mass is 304 g/mol. The summed E-state index contributed by atoms with van der Waals surface area (Å²) in [4.78, 5) is 11.8. The molecule has 22 heavy (non-hydrogen) atoms. The van der Waals surface area contributed by atoms with E-state index < -0.39 is 0 Å². The fourth-order valence-electron chi connectivity index (χ4n) is 2.04. The maximum atomic E-state index is 11.8. The highest BCUT2D eigenvalue weighted by Crippen LogP contribution is 2.26. The average molecular weight is 304 g/mol. The number of amides is 1. The first-order valence-electron chi connectivity index (χ1n) is 7.82. The summed E-state index contributed by atoms with van der Waals surface area (Å²) in [5.41, 5.74) is 0.905. The second-order valence-corrected chi connectivity index (χ2v) is 5.70. The van der Waals surface area contributed by atoms with Gasteiger partial charge < -0.3 is 15.2 Å². The maximum Gasteiger partial charge on any atom is 0.220 e. The number of aromatic hydroxyl groups is 1. The van der Waals surface area contributed by atoms with E-state index in [9.17, 15) is 9.90 Å². The highest BCUT2D eigenvalue weighted by Gasteiger charge is 2.04. The molecule has 1 rings (SSSR count). The third-order valence-corrected chi connectivity index (χ3v) is 3.28. The molecular weight excluding hydrogens is 277 g/mol. The molecule has 0 fully saturated rings. The van der Waals surface area contributed by atoms with Crippen LogP contribution in [0.4, 0.5) is 0 Å². The summed E-state index contributed by atoms with van der Waals surface area (Å²) < 4.78 is 5.04. The molecule has 1 amide bonds. The summed E-state index contributed by atoms with van der Waals surface area (Å²) in [5, 5.41) is 12.4. The molecule has 0 saturated heterocycles. The number of phenols is 1. The topological polar surface area (TPSA) is 58.6 Å². The number of rotatable bonds is 9. The first-order valence-corrected chi connectivity index (χ1v) is 7.82. The molecular formula is C18H27NO3. The predicted molar refractivity (Wildman–Crippen MR) is 89.0 cm³/mol. The van der Waals surface area contributed by atoms with Crippen molar-refractivity contribution >= 4 is 5.91 Å². The van der Waals surface area contributed by atoms with Crippen molar-refractivity contribution in [3.8, 4) is 11.5 Å². The van der Waals surface area contributed by atoms with Crippen molar-refractivity contribution in [1.29, 1.82) is 0 Å². The van der Waals surface area contributed by atoms with Gasteiger partial charge in [-0.1, -0.05) is 32.1 Å². The number of unbranched alkanes of at least 4 members (excludes halogenated alkanes) is 2. The van der Waals surface area contributed by atoms with Gasteiger partial charge in [0.25, 0.3) is 0 Å². The molecule has 0 atom stereocenters. The number of carbonyl (C=O) groups is 1. The Balaban J connectivity index is 2.23. The lowest BCUT2D eigenvalue weighted by atomic mass is 10.1. The van der Waals surface area contributed by atoms with Crippen molar-refractivity contribution in [2.24, 2.45) is 5.92 Å². The van der Waals surface area contributed by atoms with Crippen molar-refractivity contribution in [2.45, 2.75) is 46.1 Å². The molecule has 1 aromatic rings. The minimum atomic E-state index is 0.0554. The van der Waals surface area contributed by atoms with E-state index in [2.05, 4.69) is 31.3 Å². The molecule has 0 saturated carbocycles. The molecule has 0 aliphatic heterocycles. The van der Waals surface area contributed by atoms with Gasteiger partial charge in [-0.2, -0.15) is 0 Å². The third kappa shape index (κ3) is 7.16. The van der Waals surface area contributed by atoms with Crippen LogP contribution in [-0.2, 0) is 11.3 Å². The van der Waals surface area contributed by atoms with E-state index in [1.54, 1.807) is 18.2 Å². The van der Waals surface area contributed by atoms with Crippen LogP contribution in [0, 0.1) is 5.92 Å².